The summed E-state index contributed by atoms with van der Waals surface area (Å²) in [7, 11) is 1.49. The topological polar surface area (TPSA) is 104 Å². The van der Waals surface area contributed by atoms with Crippen LogP contribution >= 0.6 is 0 Å². The number of ether oxygens (including phenoxy) is 1. The average Bonchev–Trinajstić information content (AvgIpc) is 2.74. The molecule has 0 spiro atoms. The Morgan fingerprint density at radius 2 is 2.03 bits per heavy atom. The maximum Gasteiger partial charge on any atom is 0.277 e. The van der Waals surface area contributed by atoms with Crippen molar-refractivity contribution < 1.29 is 28.2 Å². The average molecular weight is 436 g/mol. The zero-order valence-corrected chi connectivity index (χ0v) is 17.0. The summed E-state index contributed by atoms with van der Waals surface area (Å²) in [4.78, 5) is 39.4. The molecule has 0 fully saturated rings. The van der Waals surface area contributed by atoms with Gasteiger partial charge < -0.3 is 20.1 Å². The number of hydrogen-bond donors (Lipinski definition) is 2. The number of amides is 2. The molecule has 0 radical (unpaired) electrons. The number of hydrogen-bond acceptors (Lipinski definition) is 6. The van der Waals surface area contributed by atoms with E-state index < -0.39 is 40.2 Å². The minimum Gasteiger partial charge on any atom is -0.502 e. The zero-order chi connectivity index (χ0) is 22.7. The van der Waals surface area contributed by atoms with Crippen molar-refractivity contribution in [2.45, 2.75) is 13.5 Å². The van der Waals surface area contributed by atoms with Crippen LogP contribution in [0.5, 0.6) is 5.75 Å². The Bertz CT molecular complexity index is 1070. The number of aromatic hydroxyl groups is 1. The predicted molar refractivity (Wildman–Crippen MR) is 106 cm³/mol. The number of halogens is 2. The number of benzene rings is 1. The molecule has 11 heteroatoms. The molecule has 0 atom stereocenters. The third-order valence-corrected chi connectivity index (χ3v) is 4.92. The van der Waals surface area contributed by atoms with Gasteiger partial charge in [0.05, 0.1) is 6.61 Å². The van der Waals surface area contributed by atoms with Gasteiger partial charge in [0, 0.05) is 44.6 Å². The quantitative estimate of drug-likeness (QED) is 0.665. The fourth-order valence-corrected chi connectivity index (χ4v) is 3.21. The summed E-state index contributed by atoms with van der Waals surface area (Å²) in [5, 5.41) is 14.5. The molecule has 1 aliphatic rings. The molecule has 3 rings (SSSR count). The Labute approximate surface area is 176 Å². The highest BCUT2D eigenvalue weighted by Gasteiger charge is 2.33. The molecule has 1 aliphatic heterocycles. The van der Waals surface area contributed by atoms with Crippen LogP contribution < -0.4 is 15.8 Å². The molecule has 0 bridgehead atoms. The summed E-state index contributed by atoms with van der Waals surface area (Å²) in [5.41, 5.74) is -1.67. The molecular formula is C20H22F2N4O5. The van der Waals surface area contributed by atoms with Crippen molar-refractivity contribution in [3.05, 3.63) is 63.1 Å². The minimum absolute atomic E-state index is 0.0242. The van der Waals surface area contributed by atoms with Gasteiger partial charge in [-0.05, 0) is 13.0 Å². The first kappa shape index (κ1) is 22.2. The molecule has 2 heterocycles. The summed E-state index contributed by atoms with van der Waals surface area (Å²) in [6.07, 6.45) is 1.17. The van der Waals surface area contributed by atoms with Crippen molar-refractivity contribution >= 4 is 11.8 Å². The van der Waals surface area contributed by atoms with Gasteiger partial charge in [-0.15, -0.1) is 0 Å². The van der Waals surface area contributed by atoms with Gasteiger partial charge in [-0.1, -0.05) is 6.07 Å². The van der Waals surface area contributed by atoms with Gasteiger partial charge in [-0.25, -0.2) is 8.78 Å². The molecule has 0 saturated heterocycles. The SMILES string of the molecule is CCN1CN(CCOC)C(=O)c2c(O)c(=O)c(C(=O)NCc3ccc(F)cc3F)cn21. The molecule has 0 saturated carbocycles. The van der Waals surface area contributed by atoms with Crippen molar-refractivity contribution in [2.24, 2.45) is 0 Å². The van der Waals surface area contributed by atoms with Gasteiger partial charge in [0.2, 0.25) is 5.43 Å². The molecule has 0 unspecified atom stereocenters. The van der Waals surface area contributed by atoms with Crippen molar-refractivity contribution in [1.29, 1.82) is 0 Å². The van der Waals surface area contributed by atoms with E-state index in [0.717, 1.165) is 6.07 Å². The highest BCUT2D eigenvalue weighted by atomic mass is 19.1. The summed E-state index contributed by atoms with van der Waals surface area (Å²) in [6, 6.07) is 2.90. The van der Waals surface area contributed by atoms with Crippen LogP contribution in [0.15, 0.2) is 29.2 Å². The second-order valence-corrected chi connectivity index (χ2v) is 6.86. The molecule has 1 aromatic carbocycles. The van der Waals surface area contributed by atoms with Crippen LogP contribution in [0.2, 0.25) is 0 Å². The Morgan fingerprint density at radius 3 is 2.68 bits per heavy atom. The second kappa shape index (κ2) is 9.13. The largest absolute Gasteiger partial charge is 0.502 e. The number of aromatic nitrogens is 1. The number of carbonyl (C=O) groups excluding carboxylic acids is 2. The monoisotopic (exact) mass is 436 g/mol. The highest BCUT2D eigenvalue weighted by Crippen LogP contribution is 2.21. The normalized spacial score (nSPS) is 13.4. The molecule has 2 N–H and O–H groups in total. The first-order valence-corrected chi connectivity index (χ1v) is 9.52. The second-order valence-electron chi connectivity index (χ2n) is 6.86. The van der Waals surface area contributed by atoms with E-state index in [4.69, 9.17) is 4.74 Å². The molecule has 31 heavy (non-hydrogen) atoms. The Hall–Kier alpha value is -3.47. The predicted octanol–water partition coefficient (Wildman–Crippen LogP) is 0.780. The van der Waals surface area contributed by atoms with E-state index in [1.807, 2.05) is 0 Å². The molecule has 2 amide bonds. The van der Waals surface area contributed by atoms with Crippen LogP contribution in [-0.2, 0) is 11.3 Å². The van der Waals surface area contributed by atoms with Crippen LogP contribution in [0.25, 0.3) is 0 Å². The Balaban J connectivity index is 1.91. The molecule has 0 aliphatic carbocycles. The van der Waals surface area contributed by atoms with E-state index in [1.165, 1.54) is 28.9 Å². The zero-order valence-electron chi connectivity index (χ0n) is 17.0. The lowest BCUT2D eigenvalue weighted by Crippen LogP contribution is -2.55. The van der Waals surface area contributed by atoms with E-state index in [0.29, 0.717) is 12.6 Å². The lowest BCUT2D eigenvalue weighted by molar-refractivity contribution is 0.0623. The number of carbonyl (C=O) groups is 2. The maximum absolute atomic E-state index is 13.8. The van der Waals surface area contributed by atoms with Crippen molar-refractivity contribution in [2.75, 3.05) is 38.5 Å². The van der Waals surface area contributed by atoms with Gasteiger partial charge in [0.25, 0.3) is 11.8 Å². The number of fused-ring (bicyclic) bond motifs is 1. The van der Waals surface area contributed by atoms with E-state index in [-0.39, 0.29) is 37.6 Å². The third kappa shape index (κ3) is 4.36. The van der Waals surface area contributed by atoms with Crippen molar-refractivity contribution in [3.63, 3.8) is 0 Å². The lowest BCUT2D eigenvalue weighted by atomic mass is 10.1. The Morgan fingerprint density at radius 1 is 1.29 bits per heavy atom. The van der Waals surface area contributed by atoms with E-state index in [2.05, 4.69) is 5.32 Å². The first-order valence-electron chi connectivity index (χ1n) is 9.52. The van der Waals surface area contributed by atoms with E-state index in [9.17, 15) is 28.3 Å². The highest BCUT2D eigenvalue weighted by molar-refractivity contribution is 5.99. The van der Waals surface area contributed by atoms with E-state index in [1.54, 1.807) is 11.9 Å². The standard InChI is InChI=1S/C20H22F2N4O5/c1-3-25-11-24(6-7-31-2)20(30)16-18(28)17(27)14(10-26(16)25)19(29)23-9-12-4-5-13(21)8-15(12)22/h4-5,8,10,28H,3,6-7,9,11H2,1-2H3,(H,23,29). The number of methoxy groups -OCH3 is 1. The van der Waals surface area contributed by atoms with Crippen LogP contribution in [0.4, 0.5) is 8.78 Å². The first-order chi connectivity index (χ1) is 14.8. The smallest absolute Gasteiger partial charge is 0.277 e. The number of pyridine rings is 1. The number of nitrogens with zero attached hydrogens (tertiary/aromatic N) is 3. The van der Waals surface area contributed by atoms with Crippen molar-refractivity contribution in [3.8, 4) is 5.75 Å². The fourth-order valence-electron chi connectivity index (χ4n) is 3.21. The lowest BCUT2D eigenvalue weighted by Gasteiger charge is -2.39. The van der Waals surface area contributed by atoms with Crippen LogP contribution in [-0.4, -0.2) is 60.0 Å². The van der Waals surface area contributed by atoms with Gasteiger partial charge in [0.15, 0.2) is 11.4 Å². The number of rotatable bonds is 7. The third-order valence-electron chi connectivity index (χ3n) is 4.92. The van der Waals surface area contributed by atoms with Crippen molar-refractivity contribution in [1.82, 2.24) is 14.9 Å². The Kier molecular flexibility index (Phi) is 6.54. The van der Waals surface area contributed by atoms with E-state index >= 15 is 0 Å². The van der Waals surface area contributed by atoms with Crippen LogP contribution in [0.1, 0.15) is 33.3 Å². The summed E-state index contributed by atoms with van der Waals surface area (Å²) >= 11 is 0. The summed E-state index contributed by atoms with van der Waals surface area (Å²) < 4.78 is 33.1. The summed E-state index contributed by atoms with van der Waals surface area (Å²) in [5.74, 6) is -3.90. The van der Waals surface area contributed by atoms with Crippen LogP contribution in [0.3, 0.4) is 0 Å². The molecule has 9 nitrogen and oxygen atoms in total. The molecule has 1 aromatic heterocycles. The number of nitrogens with one attached hydrogen (secondary N) is 1. The van der Waals surface area contributed by atoms with Gasteiger partial charge in [-0.3, -0.25) is 24.1 Å². The van der Waals surface area contributed by atoms with Crippen LogP contribution in [0, 0.1) is 11.6 Å². The fraction of sp³-hybridized carbons (Fsp3) is 0.350. The maximum atomic E-state index is 13.8. The van der Waals surface area contributed by atoms with Gasteiger partial charge in [-0.2, -0.15) is 0 Å². The van der Waals surface area contributed by atoms with Gasteiger partial charge in [0.1, 0.15) is 23.9 Å². The molecule has 2 aromatic rings. The summed E-state index contributed by atoms with van der Waals surface area (Å²) in [6.45, 7) is 2.61. The van der Waals surface area contributed by atoms with Gasteiger partial charge >= 0.3 is 0 Å². The molecular weight excluding hydrogens is 414 g/mol. The molecule has 166 valence electrons. The minimum atomic E-state index is -1.03.